The maximum Gasteiger partial charge on any atom is 0.416 e. The van der Waals surface area contributed by atoms with Gasteiger partial charge in [0.25, 0.3) is 5.91 Å². The molecule has 11 nitrogen and oxygen atoms in total. The van der Waals surface area contributed by atoms with Gasteiger partial charge in [0.05, 0.1) is 38.0 Å². The number of nitrogens with zero attached hydrogens (tertiary/aromatic N) is 5. The van der Waals surface area contributed by atoms with E-state index >= 15 is 0 Å². The van der Waals surface area contributed by atoms with Crippen molar-refractivity contribution in [2.45, 2.75) is 30.5 Å². The van der Waals surface area contributed by atoms with Crippen molar-refractivity contribution in [3.63, 3.8) is 0 Å². The van der Waals surface area contributed by atoms with E-state index in [1.807, 2.05) is 24.3 Å². The van der Waals surface area contributed by atoms with Crippen LogP contribution in [0, 0.1) is 0 Å². The molecule has 14 heteroatoms. The molecule has 206 valence electrons. The molecule has 0 saturated carbocycles. The molecule has 1 amide bonds. The number of halogens is 3. The second kappa shape index (κ2) is 10.4. The van der Waals surface area contributed by atoms with E-state index in [9.17, 15) is 18.0 Å². The SMILES string of the molecule is O=C(N[C@H]1CO[C@H]2[C@@H]1OC[C@@H]2n1nnnc1Oc1cccc(N2CCOCC2)c1)c1ccc(C(F)(F)F)cc1. The zero-order chi connectivity index (χ0) is 27.0. The first-order valence-electron chi connectivity index (χ1n) is 12.5. The average Bonchev–Trinajstić information content (AvgIpc) is 3.67. The molecule has 0 bridgehead atoms. The van der Waals surface area contributed by atoms with Crippen LogP contribution in [0.5, 0.6) is 11.8 Å². The van der Waals surface area contributed by atoms with Gasteiger partial charge in [0, 0.05) is 30.4 Å². The molecule has 3 aromatic rings. The minimum Gasteiger partial charge on any atom is -0.423 e. The van der Waals surface area contributed by atoms with E-state index in [1.165, 1.54) is 4.68 Å². The number of benzene rings is 2. The number of rotatable bonds is 6. The van der Waals surface area contributed by atoms with E-state index in [0.717, 1.165) is 43.0 Å². The summed E-state index contributed by atoms with van der Waals surface area (Å²) in [5, 5.41) is 14.7. The molecule has 2 aromatic carbocycles. The zero-order valence-electron chi connectivity index (χ0n) is 20.6. The number of hydrogen-bond acceptors (Lipinski definition) is 9. The van der Waals surface area contributed by atoms with Gasteiger partial charge in [-0.3, -0.25) is 4.79 Å². The Labute approximate surface area is 220 Å². The summed E-state index contributed by atoms with van der Waals surface area (Å²) < 4.78 is 63.4. The van der Waals surface area contributed by atoms with Crippen LogP contribution < -0.4 is 15.0 Å². The zero-order valence-corrected chi connectivity index (χ0v) is 20.6. The largest absolute Gasteiger partial charge is 0.423 e. The summed E-state index contributed by atoms with van der Waals surface area (Å²) in [7, 11) is 0. The van der Waals surface area contributed by atoms with E-state index < -0.39 is 41.9 Å². The summed E-state index contributed by atoms with van der Waals surface area (Å²) in [5.74, 6) is 0.0520. The minimum absolute atomic E-state index is 0.108. The predicted molar refractivity (Wildman–Crippen MR) is 129 cm³/mol. The summed E-state index contributed by atoms with van der Waals surface area (Å²) in [4.78, 5) is 14.9. The number of carbonyl (C=O) groups is 1. The molecular weight excluding hydrogens is 521 g/mol. The van der Waals surface area contributed by atoms with Crippen molar-refractivity contribution in [3.05, 3.63) is 59.7 Å². The highest BCUT2D eigenvalue weighted by atomic mass is 19.4. The Balaban J connectivity index is 1.11. The highest BCUT2D eigenvalue weighted by Crippen LogP contribution is 2.36. The molecule has 3 aliphatic rings. The Kier molecular flexibility index (Phi) is 6.83. The van der Waals surface area contributed by atoms with Crippen LogP contribution in [0.3, 0.4) is 0 Å². The lowest BCUT2D eigenvalue weighted by Gasteiger charge is -2.29. The van der Waals surface area contributed by atoms with Crippen LogP contribution in [-0.4, -0.2) is 83.9 Å². The summed E-state index contributed by atoms with van der Waals surface area (Å²) in [6.45, 7) is 3.29. The van der Waals surface area contributed by atoms with Crippen LogP contribution in [0.4, 0.5) is 18.9 Å². The number of alkyl halides is 3. The molecule has 6 rings (SSSR count). The maximum absolute atomic E-state index is 12.8. The Bertz CT molecular complexity index is 1310. The fraction of sp³-hybridized carbons (Fsp3) is 0.440. The second-order valence-corrected chi connectivity index (χ2v) is 9.42. The average molecular weight is 547 g/mol. The molecule has 3 fully saturated rings. The predicted octanol–water partition coefficient (Wildman–Crippen LogP) is 2.46. The van der Waals surface area contributed by atoms with Gasteiger partial charge < -0.3 is 29.2 Å². The normalized spacial score (nSPS) is 24.9. The lowest BCUT2D eigenvalue weighted by molar-refractivity contribution is -0.137. The number of tetrazole rings is 1. The molecule has 0 aliphatic carbocycles. The summed E-state index contributed by atoms with van der Waals surface area (Å²) in [5.41, 5.74) is 0.291. The van der Waals surface area contributed by atoms with Crippen molar-refractivity contribution >= 4 is 11.6 Å². The van der Waals surface area contributed by atoms with Crippen LogP contribution >= 0.6 is 0 Å². The topological polar surface area (TPSA) is 113 Å². The molecule has 4 atom stereocenters. The minimum atomic E-state index is -4.47. The van der Waals surface area contributed by atoms with Gasteiger partial charge in [-0.1, -0.05) is 11.2 Å². The van der Waals surface area contributed by atoms with E-state index in [0.29, 0.717) is 19.0 Å². The second-order valence-electron chi connectivity index (χ2n) is 9.42. The fourth-order valence-corrected chi connectivity index (χ4v) is 5.01. The van der Waals surface area contributed by atoms with Crippen molar-refractivity contribution in [3.8, 4) is 11.8 Å². The highest BCUT2D eigenvalue weighted by Gasteiger charge is 2.50. The van der Waals surface area contributed by atoms with E-state index in [-0.39, 0.29) is 24.8 Å². The Hall–Kier alpha value is -3.75. The maximum atomic E-state index is 12.8. The number of ether oxygens (including phenoxy) is 4. The van der Waals surface area contributed by atoms with Gasteiger partial charge in [-0.25, -0.2) is 0 Å². The van der Waals surface area contributed by atoms with Crippen molar-refractivity contribution in [1.82, 2.24) is 25.5 Å². The number of morpholine rings is 1. The first-order chi connectivity index (χ1) is 18.9. The van der Waals surface area contributed by atoms with Crippen LogP contribution in [-0.2, 0) is 20.4 Å². The Morgan fingerprint density at radius 2 is 1.79 bits per heavy atom. The standard InChI is InChI=1S/C25H25F3N6O5/c26-25(27,28)16-6-4-15(5-7-16)23(35)29-19-13-37-22-20(14-38-21(19)22)34-24(30-31-32-34)39-18-3-1-2-17(12-18)33-8-10-36-11-9-33/h1-7,12,19-22H,8-11,13-14H2,(H,29,35)/t19-,20-,21+,22+/m0/s1. The molecule has 0 unspecified atom stereocenters. The van der Waals surface area contributed by atoms with Gasteiger partial charge in [-0.05, 0) is 46.8 Å². The van der Waals surface area contributed by atoms with Crippen molar-refractivity contribution in [1.29, 1.82) is 0 Å². The number of amides is 1. The van der Waals surface area contributed by atoms with Gasteiger partial charge in [-0.2, -0.15) is 17.9 Å². The molecule has 4 heterocycles. The lowest BCUT2D eigenvalue weighted by Crippen LogP contribution is -2.44. The van der Waals surface area contributed by atoms with Crippen LogP contribution in [0.2, 0.25) is 0 Å². The highest BCUT2D eigenvalue weighted by molar-refractivity contribution is 5.94. The van der Waals surface area contributed by atoms with Crippen LogP contribution in [0.1, 0.15) is 22.0 Å². The first-order valence-corrected chi connectivity index (χ1v) is 12.5. The van der Waals surface area contributed by atoms with Gasteiger partial charge in [0.2, 0.25) is 0 Å². The van der Waals surface area contributed by atoms with Gasteiger partial charge in [0.1, 0.15) is 24.0 Å². The fourth-order valence-electron chi connectivity index (χ4n) is 5.01. The summed E-state index contributed by atoms with van der Waals surface area (Å²) in [6, 6.07) is 10.9. The number of anilines is 1. The molecule has 1 aromatic heterocycles. The number of carbonyl (C=O) groups excluding carboxylic acids is 1. The lowest BCUT2D eigenvalue weighted by atomic mass is 10.1. The number of hydrogen-bond donors (Lipinski definition) is 1. The summed E-state index contributed by atoms with van der Waals surface area (Å²) in [6.07, 6.45) is -5.43. The quantitative estimate of drug-likeness (QED) is 0.498. The number of aromatic nitrogens is 4. The third-order valence-corrected chi connectivity index (χ3v) is 7.00. The molecule has 1 N–H and O–H groups in total. The molecule has 0 spiro atoms. The third kappa shape index (κ3) is 5.27. The molecule has 0 radical (unpaired) electrons. The van der Waals surface area contributed by atoms with Crippen molar-refractivity contribution in [2.24, 2.45) is 0 Å². The summed E-state index contributed by atoms with van der Waals surface area (Å²) >= 11 is 0. The third-order valence-electron chi connectivity index (χ3n) is 7.00. The Morgan fingerprint density at radius 3 is 2.56 bits per heavy atom. The van der Waals surface area contributed by atoms with E-state index in [2.05, 4.69) is 25.7 Å². The Morgan fingerprint density at radius 1 is 1.03 bits per heavy atom. The van der Waals surface area contributed by atoms with Crippen LogP contribution in [0.15, 0.2) is 48.5 Å². The molecule has 3 saturated heterocycles. The smallest absolute Gasteiger partial charge is 0.416 e. The van der Waals surface area contributed by atoms with Crippen molar-refractivity contribution in [2.75, 3.05) is 44.4 Å². The number of fused-ring (bicyclic) bond motifs is 1. The molecule has 3 aliphatic heterocycles. The van der Waals surface area contributed by atoms with Crippen molar-refractivity contribution < 1.29 is 36.9 Å². The number of nitrogens with one attached hydrogen (secondary N) is 1. The van der Waals surface area contributed by atoms with Gasteiger partial charge in [0.15, 0.2) is 0 Å². The van der Waals surface area contributed by atoms with E-state index in [4.69, 9.17) is 18.9 Å². The molecular formula is C25H25F3N6O5. The van der Waals surface area contributed by atoms with E-state index in [1.54, 1.807) is 0 Å². The monoisotopic (exact) mass is 546 g/mol. The van der Waals surface area contributed by atoms with Gasteiger partial charge >= 0.3 is 12.2 Å². The molecule has 39 heavy (non-hydrogen) atoms. The first kappa shape index (κ1) is 25.5. The van der Waals surface area contributed by atoms with Crippen LogP contribution in [0.25, 0.3) is 0 Å². The van der Waals surface area contributed by atoms with Gasteiger partial charge in [-0.15, -0.1) is 0 Å².